The number of Topliss-reactive ketones (excluding diaryl/α,β-unsaturated/α-hetero) is 1. The van der Waals surface area contributed by atoms with E-state index in [0.717, 1.165) is 29.9 Å². The Labute approximate surface area is 211 Å². The maximum atomic E-state index is 14.0. The van der Waals surface area contributed by atoms with Crippen molar-refractivity contribution in [1.82, 2.24) is 24.5 Å². The number of hydrogen-bond donors (Lipinski definition) is 2. The third-order valence-electron chi connectivity index (χ3n) is 6.75. The van der Waals surface area contributed by atoms with E-state index in [1.165, 1.54) is 41.6 Å². The van der Waals surface area contributed by atoms with Crippen molar-refractivity contribution < 1.29 is 9.18 Å². The SMILES string of the molecule is CCN/N=C(\C=N)SN1CCC2Cc3c(cnn3-c3ccc(F)cc3)CC2(C(=O)c2cscn2)C1. The molecule has 1 aliphatic carbocycles. The highest BCUT2D eigenvalue weighted by Crippen LogP contribution is 2.48. The average Bonchev–Trinajstić information content (AvgIpc) is 3.55. The third kappa shape index (κ3) is 4.55. The van der Waals surface area contributed by atoms with Gasteiger partial charge in [-0.3, -0.25) is 4.79 Å². The van der Waals surface area contributed by atoms with Crippen LogP contribution in [0.3, 0.4) is 0 Å². The maximum absolute atomic E-state index is 14.0. The number of thiazole rings is 1. The van der Waals surface area contributed by atoms with Crippen LogP contribution in [0.1, 0.15) is 35.1 Å². The minimum absolute atomic E-state index is 0.0641. The first-order chi connectivity index (χ1) is 17.0. The molecule has 2 aromatic heterocycles. The lowest BCUT2D eigenvalue weighted by Crippen LogP contribution is -2.55. The summed E-state index contributed by atoms with van der Waals surface area (Å²) in [6.45, 7) is 3.95. The molecule has 35 heavy (non-hydrogen) atoms. The fraction of sp³-hybridized carbons (Fsp3) is 0.375. The quantitative estimate of drug-likeness (QED) is 0.164. The lowest BCUT2D eigenvalue weighted by molar-refractivity contribution is 0.0414. The van der Waals surface area contributed by atoms with E-state index in [2.05, 4.69) is 24.9 Å². The highest BCUT2D eigenvalue weighted by atomic mass is 32.2. The van der Waals surface area contributed by atoms with Crippen LogP contribution in [0.5, 0.6) is 0 Å². The Kier molecular flexibility index (Phi) is 6.81. The molecule has 8 nitrogen and oxygen atoms in total. The Morgan fingerprint density at radius 2 is 2.26 bits per heavy atom. The van der Waals surface area contributed by atoms with Crippen molar-refractivity contribution in [2.24, 2.45) is 16.4 Å². The third-order valence-corrected chi connectivity index (χ3v) is 8.30. The lowest BCUT2D eigenvalue weighted by Gasteiger charge is -2.49. The van der Waals surface area contributed by atoms with Crippen LogP contribution in [0.2, 0.25) is 0 Å². The second-order valence-electron chi connectivity index (χ2n) is 8.79. The Hall–Kier alpha value is -2.89. The Morgan fingerprint density at radius 1 is 1.43 bits per heavy atom. The van der Waals surface area contributed by atoms with Crippen LogP contribution in [0, 0.1) is 22.6 Å². The molecule has 182 valence electrons. The monoisotopic (exact) mass is 511 g/mol. The van der Waals surface area contributed by atoms with Crippen molar-refractivity contribution in [2.75, 3.05) is 19.6 Å². The summed E-state index contributed by atoms with van der Waals surface area (Å²) in [6, 6.07) is 6.33. The van der Waals surface area contributed by atoms with Gasteiger partial charge in [0, 0.05) is 30.7 Å². The summed E-state index contributed by atoms with van der Waals surface area (Å²) in [5.74, 6) is -0.102. The van der Waals surface area contributed by atoms with E-state index in [1.807, 2.05) is 23.2 Å². The molecule has 3 heterocycles. The van der Waals surface area contributed by atoms with Crippen molar-refractivity contribution >= 4 is 40.3 Å². The smallest absolute Gasteiger partial charge is 0.190 e. The normalized spacial score (nSPS) is 22.3. The first-order valence-corrected chi connectivity index (χ1v) is 13.2. The van der Waals surface area contributed by atoms with E-state index in [4.69, 9.17) is 5.41 Å². The number of carbonyl (C=O) groups excluding carboxylic acids is 1. The van der Waals surface area contributed by atoms with Crippen LogP contribution in [-0.2, 0) is 12.8 Å². The number of benzene rings is 1. The van der Waals surface area contributed by atoms with Gasteiger partial charge in [-0.25, -0.2) is 18.4 Å². The molecule has 0 bridgehead atoms. The molecule has 2 unspecified atom stereocenters. The van der Waals surface area contributed by atoms with Gasteiger partial charge in [-0.05, 0) is 73.9 Å². The number of hydrogen-bond acceptors (Lipinski definition) is 9. The molecule has 0 saturated carbocycles. The summed E-state index contributed by atoms with van der Waals surface area (Å²) < 4.78 is 17.5. The van der Waals surface area contributed by atoms with E-state index in [9.17, 15) is 9.18 Å². The molecular formula is C24H26FN7OS2. The molecule has 0 radical (unpaired) electrons. The number of carbonyl (C=O) groups is 1. The number of nitrogens with zero attached hydrogens (tertiary/aromatic N) is 5. The second-order valence-corrected chi connectivity index (χ2v) is 10.6. The largest absolute Gasteiger partial charge is 0.309 e. The van der Waals surface area contributed by atoms with Gasteiger partial charge in [0.05, 0.1) is 29.0 Å². The molecule has 11 heteroatoms. The number of halogens is 1. The number of ketones is 1. The Morgan fingerprint density at radius 3 is 2.97 bits per heavy atom. The number of fused-ring (bicyclic) bond motifs is 2. The molecule has 3 aromatic rings. The van der Waals surface area contributed by atoms with E-state index in [-0.39, 0.29) is 17.5 Å². The zero-order chi connectivity index (χ0) is 24.4. The number of aromatic nitrogens is 3. The van der Waals surface area contributed by atoms with E-state index in [0.29, 0.717) is 36.7 Å². The fourth-order valence-corrected chi connectivity index (χ4v) is 6.56. The zero-order valence-electron chi connectivity index (χ0n) is 19.3. The summed E-state index contributed by atoms with van der Waals surface area (Å²) in [5.41, 5.74) is 7.41. The van der Waals surface area contributed by atoms with Gasteiger partial charge >= 0.3 is 0 Å². The fourth-order valence-electron chi connectivity index (χ4n) is 5.11. The molecular weight excluding hydrogens is 485 g/mol. The molecule has 0 spiro atoms. The number of nitrogens with one attached hydrogen (secondary N) is 2. The van der Waals surface area contributed by atoms with Crippen molar-refractivity contribution in [3.63, 3.8) is 0 Å². The standard InChI is InChI=1S/C24H26FN7OS2/c1-2-28-30-22(11-26)35-31-8-7-17-9-21-16(12-29-32(21)19-5-3-18(25)4-6-19)10-24(17,14-31)23(33)20-13-34-15-27-20/h3-6,11-13,15,17,26,28H,2,7-10,14H2,1H3/b26-11?,30-22+. The summed E-state index contributed by atoms with van der Waals surface area (Å²) in [6.07, 6.45) is 5.17. The Bertz CT molecular complexity index is 1240. The van der Waals surface area contributed by atoms with Gasteiger partial charge in [0.15, 0.2) is 5.78 Å². The maximum Gasteiger partial charge on any atom is 0.190 e. The first kappa shape index (κ1) is 23.8. The van der Waals surface area contributed by atoms with Crippen molar-refractivity contribution in [2.45, 2.75) is 26.2 Å². The highest BCUT2D eigenvalue weighted by Gasteiger charge is 2.53. The molecule has 2 aliphatic rings. The van der Waals surface area contributed by atoms with Gasteiger partial charge in [-0.2, -0.15) is 10.2 Å². The summed E-state index contributed by atoms with van der Waals surface area (Å²) in [5, 5.41) is 19.0. The van der Waals surface area contributed by atoms with E-state index < -0.39 is 5.41 Å². The Balaban J connectivity index is 1.49. The van der Waals surface area contributed by atoms with Crippen LogP contribution in [0.25, 0.3) is 5.69 Å². The van der Waals surface area contributed by atoms with Gasteiger partial charge in [0.1, 0.15) is 16.6 Å². The van der Waals surface area contributed by atoms with Crippen LogP contribution >= 0.6 is 23.3 Å². The minimum atomic E-state index is -0.645. The molecule has 1 fully saturated rings. The molecule has 5 rings (SSSR count). The predicted molar refractivity (Wildman–Crippen MR) is 137 cm³/mol. The lowest BCUT2D eigenvalue weighted by atomic mass is 9.60. The first-order valence-electron chi connectivity index (χ1n) is 11.5. The van der Waals surface area contributed by atoms with Crippen LogP contribution in [0.15, 0.2) is 46.5 Å². The predicted octanol–water partition coefficient (Wildman–Crippen LogP) is 3.98. The zero-order valence-corrected chi connectivity index (χ0v) is 20.9. The number of rotatable bonds is 7. The minimum Gasteiger partial charge on any atom is -0.309 e. The molecule has 2 atom stereocenters. The summed E-state index contributed by atoms with van der Waals surface area (Å²) in [7, 11) is 0. The van der Waals surface area contributed by atoms with Gasteiger partial charge in [0.25, 0.3) is 0 Å². The molecule has 1 aromatic carbocycles. The topological polar surface area (TPSA) is 99.3 Å². The summed E-state index contributed by atoms with van der Waals surface area (Å²) in [4.78, 5) is 18.3. The van der Waals surface area contributed by atoms with Gasteiger partial charge < -0.3 is 10.8 Å². The number of hydrazone groups is 1. The second kappa shape index (κ2) is 10.00. The van der Waals surface area contributed by atoms with E-state index in [1.54, 1.807) is 17.6 Å². The molecule has 2 N–H and O–H groups in total. The van der Waals surface area contributed by atoms with Gasteiger partial charge in [-0.1, -0.05) is 0 Å². The van der Waals surface area contributed by atoms with Crippen LogP contribution in [-0.4, -0.2) is 55.7 Å². The van der Waals surface area contributed by atoms with Crippen molar-refractivity contribution in [3.05, 3.63) is 64.1 Å². The van der Waals surface area contributed by atoms with Gasteiger partial charge in [-0.15, -0.1) is 11.3 Å². The molecule has 0 amide bonds. The summed E-state index contributed by atoms with van der Waals surface area (Å²) >= 11 is 2.84. The van der Waals surface area contributed by atoms with E-state index >= 15 is 0 Å². The van der Waals surface area contributed by atoms with Crippen LogP contribution in [0.4, 0.5) is 4.39 Å². The molecule has 1 aliphatic heterocycles. The number of piperidine rings is 1. The highest BCUT2D eigenvalue weighted by molar-refractivity contribution is 8.13. The average molecular weight is 512 g/mol. The molecule has 1 saturated heterocycles. The van der Waals surface area contributed by atoms with Gasteiger partial charge in [0.2, 0.25) is 0 Å². The van der Waals surface area contributed by atoms with Crippen molar-refractivity contribution in [3.8, 4) is 5.69 Å². The van der Waals surface area contributed by atoms with Crippen LogP contribution < -0.4 is 5.43 Å². The van der Waals surface area contributed by atoms with Crippen molar-refractivity contribution in [1.29, 1.82) is 5.41 Å².